The Hall–Kier alpha value is -0.610. The van der Waals surface area contributed by atoms with E-state index in [0.29, 0.717) is 11.8 Å². The first-order valence-corrected chi connectivity index (χ1v) is 6.98. The summed E-state index contributed by atoms with van der Waals surface area (Å²) in [6.45, 7) is 4.73. The first kappa shape index (κ1) is 12.8. The molecule has 2 fully saturated rings. The van der Waals surface area contributed by atoms with E-state index in [0.717, 1.165) is 26.1 Å². The summed E-state index contributed by atoms with van der Waals surface area (Å²) in [6.07, 6.45) is 4.73. The van der Waals surface area contributed by atoms with Gasteiger partial charge in [0, 0.05) is 19.1 Å². The molecule has 2 aliphatic carbocycles. The Morgan fingerprint density at radius 2 is 2.00 bits per heavy atom. The molecule has 2 saturated carbocycles. The standard InChI is InChI=1S/C13H25N3O/c1-2-5-15-6-7-16-13(17)11-9-3-4-10(8-9)12(11)14/h9-12,15H,2-8,14H2,1H3,(H,16,17). The Bertz CT molecular complexity index is 267. The number of rotatable bonds is 6. The summed E-state index contributed by atoms with van der Waals surface area (Å²) in [6, 6.07) is 0.109. The van der Waals surface area contributed by atoms with E-state index in [1.807, 2.05) is 0 Å². The summed E-state index contributed by atoms with van der Waals surface area (Å²) in [7, 11) is 0. The van der Waals surface area contributed by atoms with Gasteiger partial charge in [0.2, 0.25) is 5.91 Å². The van der Waals surface area contributed by atoms with Crippen molar-refractivity contribution in [2.45, 2.75) is 38.6 Å². The first-order valence-electron chi connectivity index (χ1n) is 6.98. The second kappa shape index (κ2) is 5.83. The lowest BCUT2D eigenvalue weighted by Gasteiger charge is -2.27. The van der Waals surface area contributed by atoms with Crippen molar-refractivity contribution >= 4 is 5.91 Å². The number of nitrogens with two attached hydrogens (primary N) is 1. The van der Waals surface area contributed by atoms with E-state index in [9.17, 15) is 4.79 Å². The molecule has 0 aromatic heterocycles. The Kier molecular flexibility index (Phi) is 4.40. The van der Waals surface area contributed by atoms with Crippen molar-refractivity contribution in [1.29, 1.82) is 0 Å². The van der Waals surface area contributed by atoms with Crippen LogP contribution in [-0.2, 0) is 4.79 Å². The van der Waals surface area contributed by atoms with Crippen LogP contribution in [0.15, 0.2) is 0 Å². The SMILES string of the molecule is CCCNCCNC(=O)C1C2CCC(C2)C1N. The van der Waals surface area contributed by atoms with Crippen molar-refractivity contribution < 1.29 is 4.79 Å². The van der Waals surface area contributed by atoms with Crippen molar-refractivity contribution in [1.82, 2.24) is 10.6 Å². The molecule has 0 radical (unpaired) electrons. The summed E-state index contributed by atoms with van der Waals surface area (Å²) in [4.78, 5) is 12.1. The number of hydrogen-bond donors (Lipinski definition) is 3. The first-order chi connectivity index (χ1) is 8.24. The van der Waals surface area contributed by atoms with Gasteiger partial charge in [-0.05, 0) is 44.1 Å². The van der Waals surface area contributed by atoms with Crippen LogP contribution in [-0.4, -0.2) is 31.6 Å². The molecule has 4 nitrogen and oxygen atoms in total. The van der Waals surface area contributed by atoms with Crippen LogP contribution in [0.3, 0.4) is 0 Å². The van der Waals surface area contributed by atoms with Gasteiger partial charge in [0.05, 0.1) is 5.92 Å². The summed E-state index contributed by atoms with van der Waals surface area (Å²) < 4.78 is 0. The third kappa shape index (κ3) is 2.80. The van der Waals surface area contributed by atoms with Crippen molar-refractivity contribution in [3.05, 3.63) is 0 Å². The topological polar surface area (TPSA) is 67.1 Å². The van der Waals surface area contributed by atoms with E-state index in [2.05, 4.69) is 17.6 Å². The highest BCUT2D eigenvalue weighted by molar-refractivity contribution is 5.80. The molecular formula is C13H25N3O. The van der Waals surface area contributed by atoms with E-state index in [1.54, 1.807) is 0 Å². The molecule has 4 heteroatoms. The third-order valence-electron chi connectivity index (χ3n) is 4.31. The fraction of sp³-hybridized carbons (Fsp3) is 0.923. The molecule has 0 aliphatic heterocycles. The molecule has 98 valence electrons. The molecular weight excluding hydrogens is 214 g/mol. The van der Waals surface area contributed by atoms with E-state index in [1.165, 1.54) is 19.3 Å². The minimum atomic E-state index is 0.0833. The second-order valence-corrected chi connectivity index (χ2v) is 5.48. The maximum absolute atomic E-state index is 12.1. The number of carbonyl (C=O) groups excluding carboxylic acids is 1. The largest absolute Gasteiger partial charge is 0.355 e. The van der Waals surface area contributed by atoms with Gasteiger partial charge in [-0.2, -0.15) is 0 Å². The molecule has 0 aromatic carbocycles. The molecule has 0 spiro atoms. The highest BCUT2D eigenvalue weighted by atomic mass is 16.1. The highest BCUT2D eigenvalue weighted by Crippen LogP contribution is 2.47. The van der Waals surface area contributed by atoms with Crippen molar-refractivity contribution in [3.8, 4) is 0 Å². The lowest BCUT2D eigenvalue weighted by molar-refractivity contribution is -0.126. The molecule has 0 aromatic rings. The van der Waals surface area contributed by atoms with Gasteiger partial charge in [0.15, 0.2) is 0 Å². The van der Waals surface area contributed by atoms with Gasteiger partial charge in [-0.25, -0.2) is 0 Å². The van der Waals surface area contributed by atoms with Crippen LogP contribution < -0.4 is 16.4 Å². The fourth-order valence-corrected chi connectivity index (χ4v) is 3.42. The van der Waals surface area contributed by atoms with Gasteiger partial charge < -0.3 is 16.4 Å². The van der Waals surface area contributed by atoms with Gasteiger partial charge >= 0.3 is 0 Å². The van der Waals surface area contributed by atoms with Gasteiger partial charge in [-0.15, -0.1) is 0 Å². The van der Waals surface area contributed by atoms with Gasteiger partial charge in [0.25, 0.3) is 0 Å². The Morgan fingerprint density at radius 1 is 1.24 bits per heavy atom. The summed E-state index contributed by atoms with van der Waals surface area (Å²) in [5.41, 5.74) is 6.14. The molecule has 2 aliphatic rings. The molecule has 2 rings (SSSR count). The normalized spacial score (nSPS) is 35.2. The van der Waals surface area contributed by atoms with Crippen molar-refractivity contribution in [2.75, 3.05) is 19.6 Å². The van der Waals surface area contributed by atoms with Crippen LogP contribution in [0.4, 0.5) is 0 Å². The van der Waals surface area contributed by atoms with Crippen LogP contribution in [0, 0.1) is 17.8 Å². The highest BCUT2D eigenvalue weighted by Gasteiger charge is 2.48. The maximum Gasteiger partial charge on any atom is 0.225 e. The number of nitrogens with one attached hydrogen (secondary N) is 2. The van der Waals surface area contributed by atoms with Crippen LogP contribution in [0.2, 0.25) is 0 Å². The zero-order chi connectivity index (χ0) is 12.3. The molecule has 0 saturated heterocycles. The van der Waals surface area contributed by atoms with E-state index >= 15 is 0 Å². The predicted octanol–water partition coefficient (Wildman–Crippen LogP) is 0.476. The summed E-state index contributed by atoms with van der Waals surface area (Å²) in [5.74, 6) is 1.43. The van der Waals surface area contributed by atoms with Crippen LogP contribution in [0.1, 0.15) is 32.6 Å². The van der Waals surface area contributed by atoms with Gasteiger partial charge in [0.1, 0.15) is 0 Å². The third-order valence-corrected chi connectivity index (χ3v) is 4.31. The molecule has 2 bridgehead atoms. The number of amides is 1. The average Bonchev–Trinajstić information content (AvgIpc) is 2.89. The van der Waals surface area contributed by atoms with E-state index in [-0.39, 0.29) is 17.9 Å². The Balaban J connectivity index is 1.69. The molecule has 4 unspecified atom stereocenters. The quantitative estimate of drug-likeness (QED) is 0.590. The van der Waals surface area contributed by atoms with Crippen molar-refractivity contribution in [2.24, 2.45) is 23.5 Å². The summed E-state index contributed by atoms with van der Waals surface area (Å²) >= 11 is 0. The number of carbonyl (C=O) groups is 1. The molecule has 0 heterocycles. The fourth-order valence-electron chi connectivity index (χ4n) is 3.42. The molecule has 4 N–H and O–H groups in total. The average molecular weight is 239 g/mol. The smallest absolute Gasteiger partial charge is 0.225 e. The van der Waals surface area contributed by atoms with Crippen LogP contribution in [0.5, 0.6) is 0 Å². The summed E-state index contributed by atoms with van der Waals surface area (Å²) in [5, 5.41) is 6.30. The lowest BCUT2D eigenvalue weighted by atomic mass is 9.84. The maximum atomic E-state index is 12.1. The van der Waals surface area contributed by atoms with Crippen LogP contribution >= 0.6 is 0 Å². The van der Waals surface area contributed by atoms with E-state index < -0.39 is 0 Å². The minimum absolute atomic E-state index is 0.0833. The zero-order valence-corrected chi connectivity index (χ0v) is 10.7. The van der Waals surface area contributed by atoms with Gasteiger partial charge in [-0.1, -0.05) is 6.92 Å². The molecule has 1 amide bonds. The lowest BCUT2D eigenvalue weighted by Crippen LogP contribution is -2.46. The van der Waals surface area contributed by atoms with Crippen molar-refractivity contribution in [3.63, 3.8) is 0 Å². The van der Waals surface area contributed by atoms with Gasteiger partial charge in [-0.3, -0.25) is 4.79 Å². The Morgan fingerprint density at radius 3 is 2.65 bits per heavy atom. The zero-order valence-electron chi connectivity index (χ0n) is 10.7. The number of fused-ring (bicyclic) bond motifs is 2. The number of hydrogen-bond acceptors (Lipinski definition) is 3. The second-order valence-electron chi connectivity index (χ2n) is 5.48. The predicted molar refractivity (Wildman–Crippen MR) is 68.5 cm³/mol. The molecule has 4 atom stereocenters. The monoisotopic (exact) mass is 239 g/mol. The minimum Gasteiger partial charge on any atom is -0.355 e. The Labute approximate surface area is 104 Å². The van der Waals surface area contributed by atoms with E-state index in [4.69, 9.17) is 5.73 Å². The molecule has 17 heavy (non-hydrogen) atoms. The van der Waals surface area contributed by atoms with Crippen LogP contribution in [0.25, 0.3) is 0 Å².